The van der Waals surface area contributed by atoms with Gasteiger partial charge in [-0.1, -0.05) is 13.8 Å². The van der Waals surface area contributed by atoms with Gasteiger partial charge in [-0.2, -0.15) is 0 Å². The van der Waals surface area contributed by atoms with Gasteiger partial charge in [-0.25, -0.2) is 4.98 Å². The summed E-state index contributed by atoms with van der Waals surface area (Å²) in [5, 5.41) is 2.87. The van der Waals surface area contributed by atoms with Crippen LogP contribution in [-0.4, -0.2) is 10.9 Å². The first-order valence-corrected chi connectivity index (χ1v) is 6.42. The summed E-state index contributed by atoms with van der Waals surface area (Å²) in [6, 6.07) is 3.82. The molecule has 0 saturated heterocycles. The smallest absolute Gasteiger partial charge is 0.229 e. The molecule has 1 atom stereocenters. The summed E-state index contributed by atoms with van der Waals surface area (Å²) in [6.45, 7) is 6.17. The Labute approximate surface area is 109 Å². The van der Waals surface area contributed by atoms with Crippen molar-refractivity contribution >= 4 is 34.3 Å². The summed E-state index contributed by atoms with van der Waals surface area (Å²) in [5.74, 6) is 0.901. The van der Waals surface area contributed by atoms with Crippen LogP contribution in [0.4, 0.5) is 5.82 Å². The van der Waals surface area contributed by atoms with E-state index in [0.29, 0.717) is 5.82 Å². The minimum Gasteiger partial charge on any atom is -0.310 e. The average molecular weight is 330 g/mol. The van der Waals surface area contributed by atoms with Gasteiger partial charge in [0.05, 0.1) is 5.69 Å². The lowest BCUT2D eigenvalue weighted by atomic mass is 10.1. The minimum atomic E-state index is 0.0955. The van der Waals surface area contributed by atoms with Gasteiger partial charge in [-0.3, -0.25) is 4.79 Å². The highest BCUT2D eigenvalue weighted by atomic mass is 127. The van der Waals surface area contributed by atoms with Crippen LogP contribution in [-0.2, 0) is 4.79 Å². The standard InChI is InChI=1S/C12H15IN2O/c1-7-9(13)4-5-10(14-7)15-11(16)8-6-12(8,2)3/h4-5,8H,6H2,1-3H3,(H,14,15,16)/t8-/m1/s1. The van der Waals surface area contributed by atoms with Crippen LogP contribution in [0.1, 0.15) is 26.0 Å². The molecule has 1 aromatic heterocycles. The number of carbonyl (C=O) groups excluding carboxylic acids is 1. The third-order valence-corrected chi connectivity index (χ3v) is 4.24. The zero-order valence-electron chi connectivity index (χ0n) is 9.67. The van der Waals surface area contributed by atoms with Gasteiger partial charge in [0.15, 0.2) is 0 Å². The van der Waals surface area contributed by atoms with Crippen molar-refractivity contribution in [1.29, 1.82) is 0 Å². The number of aromatic nitrogens is 1. The lowest BCUT2D eigenvalue weighted by molar-refractivity contribution is -0.118. The molecular formula is C12H15IN2O. The number of anilines is 1. The van der Waals surface area contributed by atoms with Crippen molar-refractivity contribution in [3.63, 3.8) is 0 Å². The molecule has 1 fully saturated rings. The van der Waals surface area contributed by atoms with Crippen LogP contribution in [0, 0.1) is 21.8 Å². The Morgan fingerprint density at radius 1 is 1.56 bits per heavy atom. The molecule has 2 rings (SSSR count). The molecule has 1 aromatic rings. The second-order valence-corrected chi connectivity index (χ2v) is 6.16. The van der Waals surface area contributed by atoms with E-state index in [4.69, 9.17) is 0 Å². The van der Waals surface area contributed by atoms with Crippen LogP contribution in [0.15, 0.2) is 12.1 Å². The molecule has 1 aliphatic carbocycles. The molecule has 0 spiro atoms. The minimum absolute atomic E-state index is 0.0955. The fraction of sp³-hybridized carbons (Fsp3) is 0.500. The quantitative estimate of drug-likeness (QED) is 0.847. The molecular weight excluding hydrogens is 315 g/mol. The molecule has 4 heteroatoms. The number of halogens is 1. The fourth-order valence-corrected chi connectivity index (χ4v) is 2.04. The first kappa shape index (κ1) is 11.8. The Bertz CT molecular complexity index is 443. The molecule has 0 aromatic carbocycles. The number of pyridine rings is 1. The lowest BCUT2D eigenvalue weighted by Crippen LogP contribution is -2.17. The van der Waals surface area contributed by atoms with Crippen LogP contribution in [0.5, 0.6) is 0 Å². The summed E-state index contributed by atoms with van der Waals surface area (Å²) in [6.07, 6.45) is 0.974. The van der Waals surface area contributed by atoms with E-state index >= 15 is 0 Å². The number of nitrogens with zero attached hydrogens (tertiary/aromatic N) is 1. The maximum atomic E-state index is 11.8. The molecule has 0 radical (unpaired) electrons. The molecule has 0 aliphatic heterocycles. The van der Waals surface area contributed by atoms with Crippen molar-refractivity contribution in [1.82, 2.24) is 4.98 Å². The first-order valence-electron chi connectivity index (χ1n) is 5.34. The van der Waals surface area contributed by atoms with E-state index < -0.39 is 0 Å². The fourth-order valence-electron chi connectivity index (χ4n) is 1.74. The van der Waals surface area contributed by atoms with Crippen molar-refractivity contribution in [2.24, 2.45) is 11.3 Å². The van der Waals surface area contributed by atoms with Crippen LogP contribution in [0.3, 0.4) is 0 Å². The average Bonchev–Trinajstić information content (AvgIpc) is 2.82. The van der Waals surface area contributed by atoms with E-state index in [2.05, 4.69) is 46.7 Å². The highest BCUT2D eigenvalue weighted by Gasteiger charge is 2.50. The summed E-state index contributed by atoms with van der Waals surface area (Å²) in [4.78, 5) is 16.2. The summed E-state index contributed by atoms with van der Waals surface area (Å²) in [5.41, 5.74) is 1.12. The number of carbonyl (C=O) groups is 1. The second kappa shape index (κ2) is 3.98. The molecule has 1 amide bonds. The van der Waals surface area contributed by atoms with Gasteiger partial charge in [-0.05, 0) is 53.5 Å². The molecule has 3 nitrogen and oxygen atoms in total. The Morgan fingerprint density at radius 2 is 2.19 bits per heavy atom. The molecule has 16 heavy (non-hydrogen) atoms. The van der Waals surface area contributed by atoms with Gasteiger partial charge in [0.25, 0.3) is 0 Å². The molecule has 0 bridgehead atoms. The topological polar surface area (TPSA) is 42.0 Å². The van der Waals surface area contributed by atoms with Crippen molar-refractivity contribution in [2.75, 3.05) is 5.32 Å². The van der Waals surface area contributed by atoms with Gasteiger partial charge < -0.3 is 5.32 Å². The molecule has 1 heterocycles. The highest BCUT2D eigenvalue weighted by Crippen LogP contribution is 2.51. The van der Waals surface area contributed by atoms with E-state index in [9.17, 15) is 4.79 Å². The predicted octanol–water partition coefficient (Wildman–Crippen LogP) is 2.98. The van der Waals surface area contributed by atoms with Crippen LogP contribution < -0.4 is 5.32 Å². The summed E-state index contributed by atoms with van der Waals surface area (Å²) < 4.78 is 1.11. The van der Waals surface area contributed by atoms with E-state index in [-0.39, 0.29) is 17.2 Å². The maximum Gasteiger partial charge on any atom is 0.229 e. The van der Waals surface area contributed by atoms with E-state index in [1.807, 2.05) is 19.1 Å². The van der Waals surface area contributed by atoms with Gasteiger partial charge in [0.2, 0.25) is 5.91 Å². The van der Waals surface area contributed by atoms with Crippen LogP contribution >= 0.6 is 22.6 Å². The van der Waals surface area contributed by atoms with Crippen molar-refractivity contribution in [3.05, 3.63) is 21.4 Å². The monoisotopic (exact) mass is 330 g/mol. The SMILES string of the molecule is Cc1nc(NC(=O)[C@H]2CC2(C)C)ccc1I. The maximum absolute atomic E-state index is 11.8. The largest absolute Gasteiger partial charge is 0.310 e. The molecule has 0 unspecified atom stereocenters. The Kier molecular flexibility index (Phi) is 2.94. The van der Waals surface area contributed by atoms with Gasteiger partial charge in [0, 0.05) is 9.49 Å². The zero-order valence-corrected chi connectivity index (χ0v) is 11.8. The Hall–Kier alpha value is -0.650. The second-order valence-electron chi connectivity index (χ2n) is 5.00. The van der Waals surface area contributed by atoms with Gasteiger partial charge in [0.1, 0.15) is 5.82 Å². The molecule has 1 saturated carbocycles. The van der Waals surface area contributed by atoms with E-state index in [1.165, 1.54) is 0 Å². The zero-order chi connectivity index (χ0) is 11.9. The van der Waals surface area contributed by atoms with Crippen molar-refractivity contribution < 1.29 is 4.79 Å². The van der Waals surface area contributed by atoms with Gasteiger partial charge >= 0.3 is 0 Å². The summed E-state index contributed by atoms with van der Waals surface area (Å²) in [7, 11) is 0. The Balaban J connectivity index is 2.05. The number of nitrogens with one attached hydrogen (secondary N) is 1. The third kappa shape index (κ3) is 2.36. The normalized spacial score (nSPS) is 21.6. The number of rotatable bonds is 2. The molecule has 86 valence electrons. The third-order valence-electron chi connectivity index (χ3n) is 3.10. The first-order chi connectivity index (χ1) is 7.40. The van der Waals surface area contributed by atoms with Gasteiger partial charge in [-0.15, -0.1) is 0 Å². The number of amides is 1. The van der Waals surface area contributed by atoms with Crippen LogP contribution in [0.25, 0.3) is 0 Å². The molecule has 1 N–H and O–H groups in total. The van der Waals surface area contributed by atoms with Crippen LogP contribution in [0.2, 0.25) is 0 Å². The van der Waals surface area contributed by atoms with Crippen molar-refractivity contribution in [2.45, 2.75) is 27.2 Å². The number of hydrogen-bond acceptors (Lipinski definition) is 2. The Morgan fingerprint density at radius 3 is 2.69 bits per heavy atom. The van der Waals surface area contributed by atoms with E-state index in [1.54, 1.807) is 0 Å². The number of aryl methyl sites for hydroxylation is 1. The van der Waals surface area contributed by atoms with E-state index in [0.717, 1.165) is 15.7 Å². The highest BCUT2D eigenvalue weighted by molar-refractivity contribution is 14.1. The predicted molar refractivity (Wildman–Crippen MR) is 72.2 cm³/mol. The summed E-state index contributed by atoms with van der Waals surface area (Å²) >= 11 is 2.23. The molecule has 1 aliphatic rings. The van der Waals surface area contributed by atoms with Crippen molar-refractivity contribution in [3.8, 4) is 0 Å². The lowest BCUT2D eigenvalue weighted by Gasteiger charge is -2.07. The number of hydrogen-bond donors (Lipinski definition) is 1.